The van der Waals surface area contributed by atoms with Crippen molar-refractivity contribution in [1.82, 2.24) is 0 Å². The molecule has 0 spiro atoms. The fraction of sp³-hybridized carbons (Fsp3) is 0.973. The third-order valence-electron chi connectivity index (χ3n) is 11.0. The second kappa shape index (κ2) is 23.6. The molecule has 0 unspecified atom stereocenters. The van der Waals surface area contributed by atoms with Crippen molar-refractivity contribution >= 4 is 24.1 Å². The van der Waals surface area contributed by atoms with E-state index in [-0.39, 0.29) is 0 Å². The van der Waals surface area contributed by atoms with Crippen LogP contribution >= 0.6 is 0 Å². The predicted octanol–water partition coefficient (Wildman–Crippen LogP) is 11.1. The number of sulfone groups is 2. The van der Waals surface area contributed by atoms with Gasteiger partial charge in [-0.05, 0) is 63.2 Å². The standard InChI is InChI=1S/C37H70N2O4S2/c1-3-5-7-9-11-13-15-17-19-21-23-33-25-29-35(30-26-33)44(40,41)37(39-38)45(42,43)36-31-27-34(28-32-36)24-22-20-18-16-14-12-10-8-6-4-2/h33-36H,3-32H2,1-2H3. The lowest BCUT2D eigenvalue weighted by Gasteiger charge is -2.29. The van der Waals surface area contributed by atoms with Gasteiger partial charge in [0.05, 0.1) is 10.5 Å². The van der Waals surface area contributed by atoms with E-state index in [1.807, 2.05) is 0 Å². The Morgan fingerprint density at radius 2 is 0.733 bits per heavy atom. The van der Waals surface area contributed by atoms with E-state index in [0.717, 1.165) is 38.5 Å². The molecule has 0 amide bonds. The number of unbranched alkanes of at least 4 members (excludes halogenated alkanes) is 18. The minimum absolute atomic E-state index is 0.463. The number of rotatable bonds is 24. The molecule has 2 aliphatic carbocycles. The van der Waals surface area contributed by atoms with Crippen LogP contribution in [-0.2, 0) is 19.7 Å². The van der Waals surface area contributed by atoms with Crippen molar-refractivity contribution in [2.24, 2.45) is 11.8 Å². The highest BCUT2D eigenvalue weighted by atomic mass is 32.3. The van der Waals surface area contributed by atoms with Crippen molar-refractivity contribution < 1.29 is 21.6 Å². The summed E-state index contributed by atoms with van der Waals surface area (Å²) in [6.45, 7) is 4.50. The molecule has 6 nitrogen and oxygen atoms in total. The molecular weight excluding hydrogens is 601 g/mol. The van der Waals surface area contributed by atoms with Crippen molar-refractivity contribution in [3.05, 3.63) is 5.53 Å². The first-order chi connectivity index (χ1) is 21.8. The van der Waals surface area contributed by atoms with Gasteiger partial charge in [-0.2, -0.15) is 0 Å². The lowest BCUT2D eigenvalue weighted by Crippen LogP contribution is -2.41. The van der Waals surface area contributed by atoms with Gasteiger partial charge in [-0.1, -0.05) is 155 Å². The van der Waals surface area contributed by atoms with Gasteiger partial charge >= 0.3 is 4.38 Å². The van der Waals surface area contributed by atoms with Crippen LogP contribution in [-0.4, -0.2) is 36.5 Å². The van der Waals surface area contributed by atoms with Crippen molar-refractivity contribution in [2.45, 2.75) is 217 Å². The molecule has 0 aromatic rings. The molecular formula is C37H70N2O4S2. The maximum atomic E-state index is 13.5. The van der Waals surface area contributed by atoms with E-state index in [1.54, 1.807) is 0 Å². The Hall–Kier alpha value is -0.720. The van der Waals surface area contributed by atoms with Crippen LogP contribution in [0.3, 0.4) is 0 Å². The zero-order valence-corrected chi connectivity index (χ0v) is 31.0. The van der Waals surface area contributed by atoms with Gasteiger partial charge in [-0.25, -0.2) is 16.8 Å². The number of hydrogen-bond acceptors (Lipinski definition) is 4. The van der Waals surface area contributed by atoms with Crippen LogP contribution in [0, 0.1) is 11.8 Å². The fourth-order valence-corrected chi connectivity index (χ4v) is 12.6. The van der Waals surface area contributed by atoms with Crippen LogP contribution in [0.1, 0.15) is 206 Å². The third kappa shape index (κ3) is 15.4. The van der Waals surface area contributed by atoms with Gasteiger partial charge in [-0.3, -0.25) is 0 Å². The summed E-state index contributed by atoms with van der Waals surface area (Å²) in [4.78, 5) is 2.97. The SMILES string of the molecule is CCCCCCCCCCCCC1CCC(S(=O)(=O)C(=[N+]=[N-])S(=O)(=O)C2CCC(CCCCCCCCCCCC)CC2)CC1. The Morgan fingerprint density at radius 1 is 0.467 bits per heavy atom. The Balaban J connectivity index is 1.66. The molecule has 8 heteroatoms. The summed E-state index contributed by atoms with van der Waals surface area (Å²) in [7, 11) is -8.36. The molecule has 2 fully saturated rings. The van der Waals surface area contributed by atoms with Crippen LogP contribution in [0.15, 0.2) is 0 Å². The van der Waals surface area contributed by atoms with E-state index in [1.165, 1.54) is 128 Å². The second-order valence-corrected chi connectivity index (χ2v) is 19.2. The highest BCUT2D eigenvalue weighted by molar-refractivity contribution is 8.31. The summed E-state index contributed by atoms with van der Waals surface area (Å²) in [6, 6.07) is 0. The Labute approximate surface area is 279 Å². The smallest absolute Gasteiger partial charge is 0.359 e. The van der Waals surface area contributed by atoms with Crippen LogP contribution in [0.25, 0.3) is 5.53 Å². The topological polar surface area (TPSA) is 105 Å². The average molecular weight is 671 g/mol. The highest BCUT2D eigenvalue weighted by Crippen LogP contribution is 2.36. The summed E-state index contributed by atoms with van der Waals surface area (Å²) >= 11 is 0. The maximum Gasteiger partial charge on any atom is 0.495 e. The van der Waals surface area contributed by atoms with Crippen molar-refractivity contribution in [1.29, 1.82) is 0 Å². The van der Waals surface area contributed by atoms with Gasteiger partial charge in [0.15, 0.2) is 0 Å². The van der Waals surface area contributed by atoms with E-state index in [9.17, 15) is 22.4 Å². The molecule has 2 rings (SSSR count). The van der Waals surface area contributed by atoms with Crippen LogP contribution in [0.5, 0.6) is 0 Å². The van der Waals surface area contributed by atoms with Gasteiger partial charge in [0.25, 0.3) is 19.7 Å². The van der Waals surface area contributed by atoms with Gasteiger partial charge in [0.2, 0.25) is 0 Å². The molecule has 0 heterocycles. The average Bonchev–Trinajstić information content (AvgIpc) is 3.03. The molecule has 2 aliphatic rings. The Morgan fingerprint density at radius 3 is 1.00 bits per heavy atom. The maximum absolute atomic E-state index is 13.5. The van der Waals surface area contributed by atoms with Gasteiger partial charge in [0.1, 0.15) is 0 Å². The van der Waals surface area contributed by atoms with Crippen LogP contribution < -0.4 is 0 Å². The van der Waals surface area contributed by atoms with Crippen molar-refractivity contribution in [3.8, 4) is 0 Å². The summed E-state index contributed by atoms with van der Waals surface area (Å²) in [5.41, 5.74) is 9.71. The largest absolute Gasteiger partial charge is 0.495 e. The van der Waals surface area contributed by atoms with Crippen LogP contribution in [0.4, 0.5) is 0 Å². The third-order valence-corrected chi connectivity index (χ3v) is 16.2. The molecule has 0 atom stereocenters. The van der Waals surface area contributed by atoms with E-state index in [0.29, 0.717) is 37.5 Å². The van der Waals surface area contributed by atoms with Gasteiger partial charge < -0.3 is 5.53 Å². The van der Waals surface area contributed by atoms with E-state index in [4.69, 9.17) is 0 Å². The monoisotopic (exact) mass is 670 g/mol. The molecule has 0 N–H and O–H groups in total. The molecule has 0 saturated heterocycles. The molecule has 0 aromatic carbocycles. The number of nitrogens with zero attached hydrogens (tertiary/aromatic N) is 2. The lowest BCUT2D eigenvalue weighted by molar-refractivity contribution is 0.00356. The molecule has 45 heavy (non-hydrogen) atoms. The molecule has 0 aromatic heterocycles. The fourth-order valence-electron chi connectivity index (χ4n) is 7.86. The first-order valence-corrected chi connectivity index (χ1v) is 22.6. The summed E-state index contributed by atoms with van der Waals surface area (Å²) in [5, 5.41) is -1.51. The summed E-state index contributed by atoms with van der Waals surface area (Å²) in [5.74, 6) is 1.03. The normalized spacial score (nSPS) is 22.7. The van der Waals surface area contributed by atoms with E-state index >= 15 is 0 Å². The molecule has 0 bridgehead atoms. The quantitative estimate of drug-likeness (QED) is 0.0335. The number of hydrogen-bond donors (Lipinski definition) is 0. The predicted molar refractivity (Wildman–Crippen MR) is 191 cm³/mol. The first kappa shape index (κ1) is 40.5. The molecule has 0 radical (unpaired) electrons. The lowest BCUT2D eigenvalue weighted by atomic mass is 9.85. The minimum atomic E-state index is -4.18. The molecule has 0 aliphatic heterocycles. The Kier molecular flexibility index (Phi) is 21.2. The molecule has 264 valence electrons. The summed E-state index contributed by atoms with van der Waals surface area (Å²) < 4.78 is 52.9. The zero-order valence-electron chi connectivity index (χ0n) is 29.4. The van der Waals surface area contributed by atoms with Gasteiger partial charge in [0, 0.05) is 0 Å². The van der Waals surface area contributed by atoms with Gasteiger partial charge in [-0.15, -0.1) is 4.79 Å². The van der Waals surface area contributed by atoms with Crippen LogP contribution in [0.2, 0.25) is 0 Å². The summed E-state index contributed by atoms with van der Waals surface area (Å²) in [6.07, 6.45) is 33.6. The van der Waals surface area contributed by atoms with Crippen molar-refractivity contribution in [2.75, 3.05) is 0 Å². The van der Waals surface area contributed by atoms with E-state index in [2.05, 4.69) is 18.6 Å². The van der Waals surface area contributed by atoms with E-state index < -0.39 is 34.6 Å². The zero-order chi connectivity index (χ0) is 32.8. The Bertz CT molecular complexity index is 945. The minimum Gasteiger partial charge on any atom is -0.359 e. The first-order valence-electron chi connectivity index (χ1n) is 19.5. The second-order valence-electron chi connectivity index (χ2n) is 14.7. The van der Waals surface area contributed by atoms with Crippen molar-refractivity contribution in [3.63, 3.8) is 0 Å². The molecule has 2 saturated carbocycles. The highest BCUT2D eigenvalue weighted by Gasteiger charge is 2.50.